The molecule has 6 heteroatoms. The third-order valence-electron chi connectivity index (χ3n) is 3.19. The van der Waals surface area contributed by atoms with Crippen molar-refractivity contribution in [3.63, 3.8) is 0 Å². The second-order valence-corrected chi connectivity index (χ2v) is 6.10. The van der Waals surface area contributed by atoms with E-state index in [9.17, 15) is 4.79 Å². The Labute approximate surface area is 139 Å². The first-order chi connectivity index (χ1) is 10.6. The van der Waals surface area contributed by atoms with E-state index in [1.165, 1.54) is 11.1 Å². The number of unbranched alkanes of at least 4 members (excludes halogenated alkanes) is 1. The largest absolute Gasteiger partial charge is 0.338 e. The van der Waals surface area contributed by atoms with Gasteiger partial charge in [-0.15, -0.1) is 0 Å². The smallest absolute Gasteiger partial charge is 0.320 e. The molecule has 22 heavy (non-hydrogen) atoms. The lowest BCUT2D eigenvalue weighted by Gasteiger charge is -2.05. The number of halogens is 1. The molecule has 0 aliphatic rings. The molecule has 0 radical (unpaired) electrons. The van der Waals surface area contributed by atoms with Crippen molar-refractivity contribution in [2.45, 2.75) is 33.2 Å². The van der Waals surface area contributed by atoms with E-state index in [1.54, 1.807) is 4.68 Å². The monoisotopic (exact) mass is 364 g/mol. The van der Waals surface area contributed by atoms with Crippen LogP contribution in [0, 0.1) is 6.92 Å². The number of carbonyl (C=O) groups is 1. The van der Waals surface area contributed by atoms with Gasteiger partial charge < -0.3 is 5.32 Å². The molecule has 1 heterocycles. The predicted octanol–water partition coefficient (Wildman–Crippen LogP) is 3.92. The molecule has 2 rings (SSSR count). The standard InChI is InChI=1S/C16H21BrN4O/c1-3-4-8-18-16(22)19-15-14(17)11-21(20-15)10-13-7-5-6-12(2)9-13/h5-7,9,11H,3-4,8,10H2,1-2H3,(H2,18,19,20,22). The van der Waals surface area contributed by atoms with Gasteiger partial charge in [0.05, 0.1) is 11.0 Å². The molecule has 2 N–H and O–H groups in total. The second-order valence-electron chi connectivity index (χ2n) is 5.25. The van der Waals surface area contributed by atoms with E-state index in [-0.39, 0.29) is 6.03 Å². The van der Waals surface area contributed by atoms with Crippen LogP contribution in [0.1, 0.15) is 30.9 Å². The van der Waals surface area contributed by atoms with Crippen LogP contribution in [0.4, 0.5) is 10.6 Å². The van der Waals surface area contributed by atoms with E-state index in [1.807, 2.05) is 12.3 Å². The lowest BCUT2D eigenvalue weighted by Crippen LogP contribution is -2.29. The summed E-state index contributed by atoms with van der Waals surface area (Å²) in [5, 5.41) is 9.96. The SMILES string of the molecule is CCCCNC(=O)Nc1nn(Cc2cccc(C)c2)cc1Br. The van der Waals surface area contributed by atoms with E-state index in [0.717, 1.165) is 17.3 Å². The third-order valence-corrected chi connectivity index (χ3v) is 3.77. The Bertz CT molecular complexity index is 639. The lowest BCUT2D eigenvalue weighted by atomic mass is 10.1. The predicted molar refractivity (Wildman–Crippen MR) is 92.1 cm³/mol. The van der Waals surface area contributed by atoms with Crippen LogP contribution in [0.5, 0.6) is 0 Å². The van der Waals surface area contributed by atoms with Crippen LogP contribution in [-0.2, 0) is 6.54 Å². The summed E-state index contributed by atoms with van der Waals surface area (Å²) >= 11 is 3.43. The number of hydrogen-bond donors (Lipinski definition) is 2. The van der Waals surface area contributed by atoms with Crippen LogP contribution < -0.4 is 10.6 Å². The highest BCUT2D eigenvalue weighted by Gasteiger charge is 2.10. The zero-order valence-electron chi connectivity index (χ0n) is 12.9. The first-order valence-corrected chi connectivity index (χ1v) is 8.21. The van der Waals surface area contributed by atoms with Crippen LogP contribution in [-0.4, -0.2) is 22.4 Å². The minimum absolute atomic E-state index is 0.227. The van der Waals surface area contributed by atoms with Gasteiger partial charge in [-0.2, -0.15) is 5.10 Å². The molecule has 1 aromatic heterocycles. The topological polar surface area (TPSA) is 59.0 Å². The Morgan fingerprint density at radius 1 is 1.41 bits per heavy atom. The first-order valence-electron chi connectivity index (χ1n) is 7.42. The molecular formula is C16H21BrN4O. The molecule has 0 saturated carbocycles. The number of nitrogens with one attached hydrogen (secondary N) is 2. The molecule has 0 aliphatic carbocycles. The highest BCUT2D eigenvalue weighted by Crippen LogP contribution is 2.20. The van der Waals surface area contributed by atoms with Gasteiger partial charge in [0, 0.05) is 12.7 Å². The fourth-order valence-corrected chi connectivity index (χ4v) is 2.51. The van der Waals surface area contributed by atoms with Crippen molar-refractivity contribution in [1.82, 2.24) is 15.1 Å². The summed E-state index contributed by atoms with van der Waals surface area (Å²) in [5.74, 6) is 0.529. The molecular weight excluding hydrogens is 344 g/mol. The van der Waals surface area contributed by atoms with E-state index in [0.29, 0.717) is 18.9 Å². The maximum absolute atomic E-state index is 11.8. The van der Waals surface area contributed by atoms with Gasteiger partial charge >= 0.3 is 6.03 Å². The van der Waals surface area contributed by atoms with Crippen molar-refractivity contribution in [2.24, 2.45) is 0 Å². The van der Waals surface area contributed by atoms with Crippen LogP contribution in [0.25, 0.3) is 0 Å². The highest BCUT2D eigenvalue weighted by molar-refractivity contribution is 9.10. The minimum atomic E-state index is -0.227. The number of aromatic nitrogens is 2. The van der Waals surface area contributed by atoms with Gasteiger partial charge in [-0.05, 0) is 34.8 Å². The summed E-state index contributed by atoms with van der Waals surface area (Å²) in [6.45, 7) is 5.49. The van der Waals surface area contributed by atoms with Crippen LogP contribution in [0.3, 0.4) is 0 Å². The normalized spacial score (nSPS) is 10.5. The summed E-state index contributed by atoms with van der Waals surface area (Å²) in [4.78, 5) is 11.8. The van der Waals surface area contributed by atoms with Crippen LogP contribution in [0.2, 0.25) is 0 Å². The summed E-state index contributed by atoms with van der Waals surface area (Å²) in [6, 6.07) is 8.06. The van der Waals surface area contributed by atoms with Gasteiger partial charge in [-0.1, -0.05) is 43.2 Å². The van der Waals surface area contributed by atoms with Crippen molar-refractivity contribution in [3.05, 3.63) is 46.1 Å². The van der Waals surface area contributed by atoms with Gasteiger partial charge in [-0.25, -0.2) is 4.79 Å². The molecule has 2 aromatic rings. The molecule has 0 saturated heterocycles. The number of carbonyl (C=O) groups excluding carboxylic acids is 1. The Morgan fingerprint density at radius 3 is 2.95 bits per heavy atom. The van der Waals surface area contributed by atoms with Crippen molar-refractivity contribution in [2.75, 3.05) is 11.9 Å². The molecule has 1 aromatic carbocycles. The molecule has 2 amide bonds. The zero-order valence-corrected chi connectivity index (χ0v) is 14.5. The fourth-order valence-electron chi connectivity index (χ4n) is 2.09. The number of rotatable bonds is 6. The number of urea groups is 1. The van der Waals surface area contributed by atoms with Gasteiger partial charge in [0.25, 0.3) is 0 Å². The molecule has 0 fully saturated rings. The minimum Gasteiger partial charge on any atom is -0.338 e. The van der Waals surface area contributed by atoms with Crippen LogP contribution in [0.15, 0.2) is 34.9 Å². The zero-order chi connectivity index (χ0) is 15.9. The average molecular weight is 365 g/mol. The summed E-state index contributed by atoms with van der Waals surface area (Å²) in [5.41, 5.74) is 2.39. The number of benzene rings is 1. The highest BCUT2D eigenvalue weighted by atomic mass is 79.9. The van der Waals surface area contributed by atoms with Gasteiger partial charge in [0.1, 0.15) is 0 Å². The van der Waals surface area contributed by atoms with Gasteiger partial charge in [0.15, 0.2) is 5.82 Å². The van der Waals surface area contributed by atoms with Crippen molar-refractivity contribution < 1.29 is 4.79 Å². The molecule has 5 nitrogen and oxygen atoms in total. The summed E-state index contributed by atoms with van der Waals surface area (Å²) in [6.07, 6.45) is 3.88. The average Bonchev–Trinajstić information content (AvgIpc) is 2.79. The first kappa shape index (κ1) is 16.5. The maximum Gasteiger partial charge on any atom is 0.320 e. The number of hydrogen-bond acceptors (Lipinski definition) is 2. The van der Waals surface area contributed by atoms with Crippen LogP contribution >= 0.6 is 15.9 Å². The molecule has 0 spiro atoms. The lowest BCUT2D eigenvalue weighted by molar-refractivity contribution is 0.252. The summed E-state index contributed by atoms with van der Waals surface area (Å²) in [7, 11) is 0. The number of aryl methyl sites for hydroxylation is 1. The maximum atomic E-state index is 11.8. The third kappa shape index (κ3) is 4.87. The molecule has 0 atom stereocenters. The summed E-state index contributed by atoms with van der Waals surface area (Å²) < 4.78 is 2.58. The quantitative estimate of drug-likeness (QED) is 0.763. The molecule has 118 valence electrons. The van der Waals surface area contributed by atoms with E-state index in [4.69, 9.17) is 0 Å². The van der Waals surface area contributed by atoms with Crippen molar-refractivity contribution >= 4 is 27.8 Å². The molecule has 0 bridgehead atoms. The van der Waals surface area contributed by atoms with E-state index >= 15 is 0 Å². The van der Waals surface area contributed by atoms with E-state index in [2.05, 4.69) is 63.7 Å². The fraction of sp³-hybridized carbons (Fsp3) is 0.375. The van der Waals surface area contributed by atoms with Gasteiger partial charge in [-0.3, -0.25) is 10.00 Å². The van der Waals surface area contributed by atoms with Crippen molar-refractivity contribution in [3.8, 4) is 0 Å². The van der Waals surface area contributed by atoms with Crippen molar-refractivity contribution in [1.29, 1.82) is 0 Å². The number of anilines is 1. The Balaban J connectivity index is 1.97. The Hall–Kier alpha value is -1.82. The number of amides is 2. The Kier molecular flexibility index (Phi) is 6.00. The number of nitrogens with zero attached hydrogens (tertiary/aromatic N) is 2. The second kappa shape index (κ2) is 7.98. The van der Waals surface area contributed by atoms with E-state index < -0.39 is 0 Å². The Morgan fingerprint density at radius 2 is 2.23 bits per heavy atom. The molecule has 0 aliphatic heterocycles. The van der Waals surface area contributed by atoms with Gasteiger partial charge in [0.2, 0.25) is 0 Å². The molecule has 0 unspecified atom stereocenters.